The number of aliphatic carboxylic acids is 2. The molecule has 5 heteroatoms. The molecule has 0 fully saturated rings. The first kappa shape index (κ1) is 31.6. The molecule has 2 rings (SSSR count). The van der Waals surface area contributed by atoms with Gasteiger partial charge in [0, 0.05) is 0 Å². The first-order valence-electron chi connectivity index (χ1n) is 13.8. The maximum absolute atomic E-state index is 12.3. The quantitative estimate of drug-likeness (QED) is 0.166. The zero-order valence-corrected chi connectivity index (χ0v) is 24.1. The molecule has 0 saturated carbocycles. The Labute approximate surface area is 233 Å². The van der Waals surface area contributed by atoms with E-state index in [1.807, 2.05) is 68.4 Å². The largest absolute Gasteiger partial charge is 0.480 e. The van der Waals surface area contributed by atoms with E-state index in [9.17, 15) is 19.8 Å². The van der Waals surface area contributed by atoms with E-state index in [0.717, 1.165) is 42.6 Å². The lowest BCUT2D eigenvalue weighted by Crippen LogP contribution is -2.39. The van der Waals surface area contributed by atoms with Crippen molar-refractivity contribution in [2.45, 2.75) is 85.5 Å². The molecule has 2 N–H and O–H groups in total. The zero-order valence-electron chi connectivity index (χ0n) is 24.1. The van der Waals surface area contributed by atoms with Gasteiger partial charge in [-0.1, -0.05) is 72.2 Å². The van der Waals surface area contributed by atoms with Crippen molar-refractivity contribution in [3.63, 3.8) is 0 Å². The number of benzene rings is 2. The molecule has 0 aromatic heterocycles. The second-order valence-electron chi connectivity index (χ2n) is 10.8. The average Bonchev–Trinajstić information content (AvgIpc) is 2.89. The molecule has 0 saturated heterocycles. The van der Waals surface area contributed by atoms with Crippen LogP contribution in [0.5, 0.6) is 11.5 Å². The van der Waals surface area contributed by atoms with E-state index in [-0.39, 0.29) is 18.8 Å². The van der Waals surface area contributed by atoms with Crippen LogP contribution in [-0.2, 0) is 9.59 Å². The third kappa shape index (κ3) is 10.6. The molecule has 1 unspecified atom stereocenters. The molecule has 0 aliphatic heterocycles. The van der Waals surface area contributed by atoms with Crippen LogP contribution in [0.25, 0.3) is 0 Å². The Balaban J connectivity index is 2.03. The number of hydrogen-bond donors (Lipinski definition) is 2. The van der Waals surface area contributed by atoms with Crippen molar-refractivity contribution < 1.29 is 24.5 Å². The minimum absolute atomic E-state index is 0.0311. The Kier molecular flexibility index (Phi) is 12.7. The minimum atomic E-state index is -1.86. The van der Waals surface area contributed by atoms with Gasteiger partial charge in [0.15, 0.2) is 5.41 Å². The fourth-order valence-corrected chi connectivity index (χ4v) is 4.41. The van der Waals surface area contributed by atoms with E-state index in [1.165, 1.54) is 11.1 Å². The lowest BCUT2D eigenvalue weighted by molar-refractivity contribution is -0.165. The Morgan fingerprint density at radius 1 is 0.821 bits per heavy atom. The number of para-hydroxylation sites is 1. The molecular formula is C34H44O5. The number of hydrogen-bond acceptors (Lipinski definition) is 3. The summed E-state index contributed by atoms with van der Waals surface area (Å²) in [6.45, 7) is 10.3. The molecule has 0 amide bonds. The summed E-state index contributed by atoms with van der Waals surface area (Å²) in [4.78, 5) is 24.6. The van der Waals surface area contributed by atoms with Gasteiger partial charge < -0.3 is 14.9 Å². The lowest BCUT2D eigenvalue weighted by Gasteiger charge is -2.25. The normalized spacial score (nSPS) is 13.1. The molecule has 39 heavy (non-hydrogen) atoms. The Morgan fingerprint density at radius 3 is 2.03 bits per heavy atom. The summed E-state index contributed by atoms with van der Waals surface area (Å²) in [5, 5.41) is 20.0. The van der Waals surface area contributed by atoms with Crippen LogP contribution in [-0.4, -0.2) is 22.2 Å². The van der Waals surface area contributed by atoms with Crippen molar-refractivity contribution in [1.82, 2.24) is 0 Å². The van der Waals surface area contributed by atoms with E-state index in [0.29, 0.717) is 12.2 Å². The van der Waals surface area contributed by atoms with Gasteiger partial charge in [0.05, 0.1) is 0 Å². The fourth-order valence-electron chi connectivity index (χ4n) is 4.41. The van der Waals surface area contributed by atoms with Gasteiger partial charge in [0.25, 0.3) is 0 Å². The summed E-state index contributed by atoms with van der Waals surface area (Å²) in [6, 6.07) is 17.1. The SMILES string of the molecule is CC(C)=CCCC(C)=CCCC(C)=CCC(CCC(C)c1cccc(Oc2ccccc2)c1)(C(=O)O)C(=O)O. The number of ether oxygens (including phenoxy) is 1. The van der Waals surface area contributed by atoms with Gasteiger partial charge in [-0.3, -0.25) is 9.59 Å². The highest BCUT2D eigenvalue weighted by Gasteiger charge is 2.45. The number of carboxylic acids is 2. The highest BCUT2D eigenvalue weighted by atomic mass is 16.5. The molecule has 210 valence electrons. The number of allylic oxidation sites excluding steroid dienone is 6. The van der Waals surface area contributed by atoms with Crippen molar-refractivity contribution in [3.05, 3.63) is 95.1 Å². The standard InChI is InChI=1S/C34H44O5/c1-25(2)12-9-13-26(3)14-10-15-27(4)20-22-34(32(35)36,33(37)38)23-21-28(5)29-16-11-19-31(24-29)39-30-17-7-6-8-18-30/h6-8,11-12,14,16-20,24,28H,9-10,13,15,21-23H2,1-5H3,(H,35,36)(H,37,38). The molecule has 0 bridgehead atoms. The van der Waals surface area contributed by atoms with Crippen LogP contribution >= 0.6 is 0 Å². The maximum atomic E-state index is 12.3. The number of carboxylic acid groups (broad SMARTS) is 2. The average molecular weight is 533 g/mol. The lowest BCUT2D eigenvalue weighted by atomic mass is 9.77. The van der Waals surface area contributed by atoms with E-state index < -0.39 is 17.4 Å². The second-order valence-corrected chi connectivity index (χ2v) is 10.8. The summed E-state index contributed by atoms with van der Waals surface area (Å²) in [5.41, 5.74) is 2.78. The van der Waals surface area contributed by atoms with E-state index in [4.69, 9.17) is 4.74 Å². The summed E-state index contributed by atoms with van der Waals surface area (Å²) >= 11 is 0. The molecule has 2 aromatic rings. The number of rotatable bonds is 16. The third-order valence-electron chi connectivity index (χ3n) is 7.15. The summed E-state index contributed by atoms with van der Waals surface area (Å²) < 4.78 is 5.93. The van der Waals surface area contributed by atoms with Crippen molar-refractivity contribution >= 4 is 11.9 Å². The van der Waals surface area contributed by atoms with Crippen LogP contribution in [0.2, 0.25) is 0 Å². The topological polar surface area (TPSA) is 83.8 Å². The smallest absolute Gasteiger partial charge is 0.321 e. The molecule has 0 radical (unpaired) electrons. The Bertz CT molecular complexity index is 1160. The Hall–Kier alpha value is -3.60. The van der Waals surface area contributed by atoms with E-state index >= 15 is 0 Å². The van der Waals surface area contributed by atoms with Gasteiger partial charge in [-0.25, -0.2) is 0 Å². The highest BCUT2D eigenvalue weighted by Crippen LogP contribution is 2.36. The summed E-state index contributed by atoms with van der Waals surface area (Å²) in [5.74, 6) is -1.19. The van der Waals surface area contributed by atoms with Gasteiger partial charge >= 0.3 is 11.9 Å². The highest BCUT2D eigenvalue weighted by molar-refractivity contribution is 5.98. The third-order valence-corrected chi connectivity index (χ3v) is 7.15. The molecule has 0 spiro atoms. The van der Waals surface area contributed by atoms with Gasteiger partial charge in [0.1, 0.15) is 11.5 Å². The van der Waals surface area contributed by atoms with Crippen LogP contribution in [0.1, 0.15) is 91.0 Å². The minimum Gasteiger partial charge on any atom is -0.480 e. The monoisotopic (exact) mass is 532 g/mol. The van der Waals surface area contributed by atoms with Crippen molar-refractivity contribution in [2.75, 3.05) is 0 Å². The Morgan fingerprint density at radius 2 is 1.41 bits per heavy atom. The predicted molar refractivity (Wildman–Crippen MR) is 158 cm³/mol. The maximum Gasteiger partial charge on any atom is 0.321 e. The molecular weight excluding hydrogens is 488 g/mol. The first-order valence-corrected chi connectivity index (χ1v) is 13.8. The van der Waals surface area contributed by atoms with Gasteiger partial charge in [-0.15, -0.1) is 0 Å². The van der Waals surface area contributed by atoms with Crippen LogP contribution < -0.4 is 4.74 Å². The molecule has 0 aliphatic carbocycles. The number of carbonyl (C=O) groups is 2. The van der Waals surface area contributed by atoms with Crippen molar-refractivity contribution in [1.29, 1.82) is 0 Å². The molecule has 0 heterocycles. The summed E-state index contributed by atoms with van der Waals surface area (Å²) in [7, 11) is 0. The van der Waals surface area contributed by atoms with Crippen LogP contribution in [0.4, 0.5) is 0 Å². The van der Waals surface area contributed by atoms with Gasteiger partial charge in [0.2, 0.25) is 0 Å². The van der Waals surface area contributed by atoms with Gasteiger partial charge in [-0.05, 0) is 108 Å². The zero-order chi connectivity index (χ0) is 28.8. The first-order chi connectivity index (χ1) is 18.5. The van der Waals surface area contributed by atoms with Crippen molar-refractivity contribution in [3.8, 4) is 11.5 Å². The van der Waals surface area contributed by atoms with Crippen molar-refractivity contribution in [2.24, 2.45) is 5.41 Å². The summed E-state index contributed by atoms with van der Waals surface area (Å²) in [6.07, 6.45) is 10.4. The molecule has 0 aliphatic rings. The fraction of sp³-hybridized carbons (Fsp3) is 0.412. The van der Waals surface area contributed by atoms with Gasteiger partial charge in [-0.2, -0.15) is 0 Å². The van der Waals surface area contributed by atoms with Crippen LogP contribution in [0.15, 0.2) is 89.5 Å². The second kappa shape index (κ2) is 15.7. The van der Waals surface area contributed by atoms with Crippen LogP contribution in [0, 0.1) is 5.41 Å². The molecule has 1 atom stereocenters. The molecule has 2 aromatic carbocycles. The predicted octanol–water partition coefficient (Wildman–Crippen LogP) is 9.33. The van der Waals surface area contributed by atoms with Crippen LogP contribution in [0.3, 0.4) is 0 Å². The van der Waals surface area contributed by atoms with E-state index in [2.05, 4.69) is 32.9 Å². The van der Waals surface area contributed by atoms with E-state index in [1.54, 1.807) is 6.08 Å². The molecule has 5 nitrogen and oxygen atoms in total.